The summed E-state index contributed by atoms with van der Waals surface area (Å²) < 4.78 is 4.78. The molecule has 0 bridgehead atoms. The topological polar surface area (TPSA) is 51.5 Å². The number of nitrogens with zero attached hydrogens (tertiary/aromatic N) is 2. The molecule has 2 aromatic carbocycles. The lowest BCUT2D eigenvalue weighted by molar-refractivity contribution is -0.139. The van der Waals surface area contributed by atoms with E-state index in [0.29, 0.717) is 20.9 Å². The first-order valence-electron chi connectivity index (χ1n) is 7.67. The Morgan fingerprint density at radius 3 is 2.35 bits per heavy atom. The van der Waals surface area contributed by atoms with Crippen molar-refractivity contribution < 1.29 is 9.53 Å². The predicted octanol–water partition coefficient (Wildman–Crippen LogP) is 5.58. The van der Waals surface area contributed by atoms with E-state index in [0.717, 1.165) is 16.0 Å². The van der Waals surface area contributed by atoms with Crippen molar-refractivity contribution in [3.8, 4) is 11.3 Å². The minimum atomic E-state index is -0.322. The van der Waals surface area contributed by atoms with Crippen LogP contribution < -0.4 is 0 Å². The molecular formula is C19H14Cl2N2O2S. The SMILES string of the molecule is COC(=O)Cc1sc(/N=C\c2ccc(Cl)cc2)nc1-c1ccc(Cl)cc1. The molecule has 1 aromatic heterocycles. The summed E-state index contributed by atoms with van der Waals surface area (Å²) in [5, 5.41) is 1.87. The Hall–Kier alpha value is -2.21. The summed E-state index contributed by atoms with van der Waals surface area (Å²) in [7, 11) is 1.37. The zero-order valence-electron chi connectivity index (χ0n) is 13.8. The molecule has 0 spiro atoms. The highest BCUT2D eigenvalue weighted by molar-refractivity contribution is 7.15. The van der Waals surface area contributed by atoms with E-state index in [1.165, 1.54) is 18.4 Å². The minimum absolute atomic E-state index is 0.141. The van der Waals surface area contributed by atoms with Gasteiger partial charge in [0.2, 0.25) is 5.13 Å². The van der Waals surface area contributed by atoms with E-state index in [1.807, 2.05) is 24.3 Å². The van der Waals surface area contributed by atoms with Gasteiger partial charge in [-0.15, -0.1) is 0 Å². The number of hydrogen-bond acceptors (Lipinski definition) is 5. The number of carbonyl (C=O) groups excluding carboxylic acids is 1. The Balaban J connectivity index is 1.93. The summed E-state index contributed by atoms with van der Waals surface area (Å²) in [6.45, 7) is 0. The average molecular weight is 405 g/mol. The summed E-state index contributed by atoms with van der Waals surface area (Å²) in [6, 6.07) is 14.6. The average Bonchev–Trinajstić information content (AvgIpc) is 3.04. The molecule has 4 nitrogen and oxygen atoms in total. The highest BCUT2D eigenvalue weighted by Gasteiger charge is 2.16. The van der Waals surface area contributed by atoms with E-state index in [4.69, 9.17) is 27.9 Å². The zero-order chi connectivity index (χ0) is 18.5. The smallest absolute Gasteiger partial charge is 0.310 e. The number of thiazole rings is 1. The first kappa shape index (κ1) is 18.6. The number of halogens is 2. The lowest BCUT2D eigenvalue weighted by Gasteiger charge is -2.01. The Labute approximate surface area is 165 Å². The van der Waals surface area contributed by atoms with Crippen molar-refractivity contribution in [1.29, 1.82) is 0 Å². The Bertz CT molecular complexity index is 935. The van der Waals surface area contributed by atoms with E-state index < -0.39 is 0 Å². The molecule has 0 aliphatic heterocycles. The van der Waals surface area contributed by atoms with E-state index >= 15 is 0 Å². The molecule has 132 valence electrons. The second kappa shape index (κ2) is 8.45. The molecule has 0 amide bonds. The normalized spacial score (nSPS) is 11.0. The maximum absolute atomic E-state index is 11.7. The molecule has 26 heavy (non-hydrogen) atoms. The lowest BCUT2D eigenvalue weighted by Crippen LogP contribution is -2.03. The summed E-state index contributed by atoms with van der Waals surface area (Å²) in [5.74, 6) is -0.322. The summed E-state index contributed by atoms with van der Waals surface area (Å²) in [5.41, 5.74) is 2.49. The van der Waals surface area contributed by atoms with Crippen LogP contribution in [0.25, 0.3) is 11.3 Å². The zero-order valence-corrected chi connectivity index (χ0v) is 16.1. The number of hydrogen-bond donors (Lipinski definition) is 0. The van der Waals surface area contributed by atoms with E-state index in [-0.39, 0.29) is 12.4 Å². The van der Waals surface area contributed by atoms with Crippen molar-refractivity contribution in [1.82, 2.24) is 4.98 Å². The first-order chi connectivity index (χ1) is 12.5. The van der Waals surface area contributed by atoms with Gasteiger partial charge in [-0.25, -0.2) is 9.98 Å². The standard InChI is InChI=1S/C19H14Cl2N2O2S/c1-25-17(24)10-16-18(13-4-8-15(21)9-5-13)23-19(26-16)22-11-12-2-6-14(20)7-3-12/h2-9,11H,10H2,1H3/b22-11-. The number of esters is 1. The number of carbonyl (C=O) groups is 1. The van der Waals surface area contributed by atoms with Crippen molar-refractivity contribution in [2.75, 3.05) is 7.11 Å². The van der Waals surface area contributed by atoms with Gasteiger partial charge in [0.15, 0.2) is 0 Å². The van der Waals surface area contributed by atoms with Crippen LogP contribution in [-0.2, 0) is 16.0 Å². The van der Waals surface area contributed by atoms with Crippen molar-refractivity contribution in [3.05, 3.63) is 69.0 Å². The van der Waals surface area contributed by atoms with E-state index in [1.54, 1.807) is 30.5 Å². The molecule has 1 heterocycles. The summed E-state index contributed by atoms with van der Waals surface area (Å²) >= 11 is 13.2. The van der Waals surface area contributed by atoms with Crippen LogP contribution in [0.2, 0.25) is 10.0 Å². The van der Waals surface area contributed by atoms with Crippen LogP contribution in [0.15, 0.2) is 53.5 Å². The van der Waals surface area contributed by atoms with Gasteiger partial charge in [0.1, 0.15) is 0 Å². The number of benzene rings is 2. The Morgan fingerprint density at radius 2 is 1.73 bits per heavy atom. The largest absolute Gasteiger partial charge is 0.469 e. The van der Waals surface area contributed by atoms with Crippen LogP contribution in [-0.4, -0.2) is 24.3 Å². The molecule has 0 unspecified atom stereocenters. The molecule has 3 rings (SSSR count). The predicted molar refractivity (Wildman–Crippen MR) is 107 cm³/mol. The van der Waals surface area contributed by atoms with Gasteiger partial charge in [0.05, 0.1) is 19.2 Å². The maximum atomic E-state index is 11.7. The fraction of sp³-hybridized carbons (Fsp3) is 0.105. The molecule has 0 atom stereocenters. The molecule has 7 heteroatoms. The second-order valence-electron chi connectivity index (χ2n) is 5.34. The van der Waals surface area contributed by atoms with E-state index in [9.17, 15) is 4.79 Å². The number of aliphatic imine (C=N–C) groups is 1. The highest BCUT2D eigenvalue weighted by atomic mass is 35.5. The molecular weight excluding hydrogens is 391 g/mol. The summed E-state index contributed by atoms with van der Waals surface area (Å²) in [4.78, 5) is 21.5. The van der Waals surface area contributed by atoms with Gasteiger partial charge in [0.25, 0.3) is 0 Å². The minimum Gasteiger partial charge on any atom is -0.469 e. The molecule has 0 saturated heterocycles. The van der Waals surface area contributed by atoms with Gasteiger partial charge in [-0.3, -0.25) is 4.79 Å². The molecule has 0 saturated carbocycles. The number of aromatic nitrogens is 1. The molecule has 0 aliphatic rings. The Kier molecular flexibility index (Phi) is 6.04. The van der Waals surface area contributed by atoms with Crippen LogP contribution >= 0.6 is 34.5 Å². The molecule has 0 fully saturated rings. The van der Waals surface area contributed by atoms with Crippen LogP contribution in [0.4, 0.5) is 5.13 Å². The number of methoxy groups -OCH3 is 1. The monoisotopic (exact) mass is 404 g/mol. The second-order valence-corrected chi connectivity index (χ2v) is 7.27. The summed E-state index contributed by atoms with van der Waals surface area (Å²) in [6.07, 6.45) is 1.85. The Morgan fingerprint density at radius 1 is 1.12 bits per heavy atom. The fourth-order valence-electron chi connectivity index (χ4n) is 2.23. The molecule has 0 N–H and O–H groups in total. The third kappa shape index (κ3) is 4.69. The van der Waals surface area contributed by atoms with Crippen LogP contribution in [0.5, 0.6) is 0 Å². The van der Waals surface area contributed by atoms with Gasteiger partial charge in [-0.2, -0.15) is 0 Å². The van der Waals surface area contributed by atoms with Gasteiger partial charge in [-0.1, -0.05) is 58.8 Å². The molecule has 3 aromatic rings. The van der Waals surface area contributed by atoms with Crippen molar-refractivity contribution in [2.45, 2.75) is 6.42 Å². The third-order valence-electron chi connectivity index (χ3n) is 3.53. The van der Waals surface area contributed by atoms with Gasteiger partial charge >= 0.3 is 5.97 Å². The van der Waals surface area contributed by atoms with Crippen molar-refractivity contribution in [2.24, 2.45) is 4.99 Å². The van der Waals surface area contributed by atoms with Crippen molar-refractivity contribution >= 4 is 51.9 Å². The maximum Gasteiger partial charge on any atom is 0.310 e. The quantitative estimate of drug-likeness (QED) is 0.411. The van der Waals surface area contributed by atoms with Gasteiger partial charge in [0, 0.05) is 26.7 Å². The van der Waals surface area contributed by atoms with Crippen molar-refractivity contribution in [3.63, 3.8) is 0 Å². The number of rotatable bonds is 5. The fourth-order valence-corrected chi connectivity index (χ4v) is 3.39. The lowest BCUT2D eigenvalue weighted by atomic mass is 10.1. The van der Waals surface area contributed by atoms with E-state index in [2.05, 4.69) is 9.98 Å². The van der Waals surface area contributed by atoms with Gasteiger partial charge < -0.3 is 4.74 Å². The molecule has 0 radical (unpaired) electrons. The van der Waals surface area contributed by atoms with Crippen LogP contribution in [0.3, 0.4) is 0 Å². The first-order valence-corrected chi connectivity index (χ1v) is 9.24. The highest BCUT2D eigenvalue weighted by Crippen LogP contribution is 2.33. The molecule has 0 aliphatic carbocycles. The van der Waals surface area contributed by atoms with Crippen LogP contribution in [0.1, 0.15) is 10.4 Å². The van der Waals surface area contributed by atoms with Gasteiger partial charge in [-0.05, 0) is 29.8 Å². The van der Waals surface area contributed by atoms with Crippen LogP contribution in [0, 0.1) is 0 Å². The number of ether oxygens (including phenoxy) is 1. The third-order valence-corrected chi connectivity index (χ3v) is 5.00.